The Kier molecular flexibility index (Phi) is 18.6. The van der Waals surface area contributed by atoms with E-state index in [1.165, 1.54) is 0 Å². The van der Waals surface area contributed by atoms with Gasteiger partial charge in [-0.1, -0.05) is 39.0 Å². The normalized spacial score (nSPS) is 20.2. The molecule has 1 amide bonds. The molecule has 0 bridgehead atoms. The summed E-state index contributed by atoms with van der Waals surface area (Å²) in [5, 5.41) is 25.6. The van der Waals surface area contributed by atoms with Crippen LogP contribution in [0.3, 0.4) is 0 Å². The van der Waals surface area contributed by atoms with Crippen LogP contribution < -0.4 is 24.6 Å². The van der Waals surface area contributed by atoms with Crippen molar-refractivity contribution in [2.24, 2.45) is 11.8 Å². The van der Waals surface area contributed by atoms with E-state index in [1.54, 1.807) is 30.6 Å². The molecule has 4 aromatic rings. The number of aryl methyl sites for hydroxylation is 2. The van der Waals surface area contributed by atoms with Crippen molar-refractivity contribution >= 4 is 46.9 Å². The summed E-state index contributed by atoms with van der Waals surface area (Å²) in [6, 6.07) is 19.0. The number of nitriles is 2. The zero-order valence-electron chi connectivity index (χ0n) is 44.6. The Morgan fingerprint density at radius 3 is 1.95 bits per heavy atom. The number of aromatic nitrogens is 2. The largest absolute Gasteiger partial charge is 0.493 e. The van der Waals surface area contributed by atoms with E-state index in [4.69, 9.17) is 43.1 Å². The number of hydrogen-bond donors (Lipinski definition) is 1. The lowest BCUT2D eigenvalue weighted by Crippen LogP contribution is -2.46. The van der Waals surface area contributed by atoms with Crippen molar-refractivity contribution in [1.29, 1.82) is 10.5 Å². The molecule has 2 aromatic carbocycles. The summed E-state index contributed by atoms with van der Waals surface area (Å²) >= 11 is 3.23. The first-order valence-corrected chi connectivity index (χ1v) is 28.1. The number of benzene rings is 2. The van der Waals surface area contributed by atoms with E-state index in [-0.39, 0.29) is 30.3 Å². The molecule has 4 aliphatic rings. The van der Waals surface area contributed by atoms with Crippen LogP contribution in [0.2, 0.25) is 0 Å². The molecule has 5 atom stereocenters. The maximum atomic E-state index is 12.3. The summed E-state index contributed by atoms with van der Waals surface area (Å²) in [6.45, 7) is 21.7. The number of nitrogens with one attached hydrogen (secondary N) is 1. The number of hydrogen-bond acceptors (Lipinski definition) is 16. The average molecular weight is 1050 g/mol. The molecule has 396 valence electrons. The van der Waals surface area contributed by atoms with Gasteiger partial charge in [-0.05, 0) is 112 Å². The Bertz CT molecular complexity index is 2670. The van der Waals surface area contributed by atoms with Gasteiger partial charge in [-0.25, -0.2) is 14.8 Å². The molecular formula is C57H73N7O8S2. The number of amides is 1. The minimum Gasteiger partial charge on any atom is -0.493 e. The van der Waals surface area contributed by atoms with Gasteiger partial charge in [0.15, 0.2) is 11.5 Å². The third kappa shape index (κ3) is 13.8. The number of methoxy groups -OCH3 is 1. The number of thioether (sulfide) groups is 2. The molecule has 0 radical (unpaired) electrons. The first-order chi connectivity index (χ1) is 35.6. The molecule has 1 N–H and O–H groups in total. The molecular weight excluding hydrogens is 975 g/mol. The van der Waals surface area contributed by atoms with Gasteiger partial charge < -0.3 is 43.0 Å². The fraction of sp³-hybridized carbons (Fsp3) is 0.561. The Labute approximate surface area is 446 Å². The molecule has 6 heterocycles. The Morgan fingerprint density at radius 1 is 0.797 bits per heavy atom. The zero-order valence-corrected chi connectivity index (χ0v) is 46.2. The maximum absolute atomic E-state index is 12.3. The highest BCUT2D eigenvalue weighted by Crippen LogP contribution is 2.41. The molecule has 2 aromatic heterocycles. The van der Waals surface area contributed by atoms with Crippen LogP contribution in [-0.4, -0.2) is 111 Å². The van der Waals surface area contributed by atoms with E-state index in [1.807, 2.05) is 51.1 Å². The minimum atomic E-state index is -0.585. The maximum Gasteiger partial charge on any atom is 0.412 e. The second-order valence-corrected chi connectivity index (χ2v) is 23.3. The monoisotopic (exact) mass is 1050 g/mol. The van der Waals surface area contributed by atoms with Gasteiger partial charge in [0.05, 0.1) is 75.7 Å². The van der Waals surface area contributed by atoms with Crippen LogP contribution in [0.25, 0.3) is 0 Å². The smallest absolute Gasteiger partial charge is 0.412 e. The van der Waals surface area contributed by atoms with Gasteiger partial charge in [0.1, 0.15) is 39.4 Å². The highest BCUT2D eigenvalue weighted by Gasteiger charge is 2.35. The van der Waals surface area contributed by atoms with E-state index in [0.717, 1.165) is 93.2 Å². The summed E-state index contributed by atoms with van der Waals surface area (Å²) in [7, 11) is 1.66. The number of carbonyl (C=O) groups is 1. The van der Waals surface area contributed by atoms with Crippen LogP contribution in [0.15, 0.2) is 52.5 Å². The fourth-order valence-corrected chi connectivity index (χ4v) is 12.0. The lowest BCUT2D eigenvalue weighted by molar-refractivity contribution is -0.0129. The van der Waals surface area contributed by atoms with E-state index in [2.05, 4.69) is 74.0 Å². The lowest BCUT2D eigenvalue weighted by Gasteiger charge is -2.39. The van der Waals surface area contributed by atoms with Crippen molar-refractivity contribution in [1.82, 2.24) is 9.97 Å². The van der Waals surface area contributed by atoms with Crippen LogP contribution in [0.1, 0.15) is 106 Å². The van der Waals surface area contributed by atoms with Crippen molar-refractivity contribution in [2.45, 2.75) is 141 Å². The number of fused-ring (bicyclic) bond motifs is 2. The fourth-order valence-electron chi connectivity index (χ4n) is 10.0. The SMILES string of the molecule is COc1ccc(CCSc2nc(N3CCOCC3)c3c(c2C#N)CC(C(C)C)OC3)cc1OCCC(C)C1Cc2c(C#N)c(SCCc3ccc(NC(=O)OC(C)(C)C)cc3)nc(N3CC(C)OC(C)C3)c2CO1. The van der Waals surface area contributed by atoms with Crippen LogP contribution in [0.5, 0.6) is 11.5 Å². The second-order valence-electron chi connectivity index (χ2n) is 21.1. The number of morpholine rings is 2. The predicted molar refractivity (Wildman–Crippen MR) is 290 cm³/mol. The molecule has 4 aliphatic heterocycles. The van der Waals surface area contributed by atoms with Crippen molar-refractivity contribution in [2.75, 3.05) is 79.7 Å². The van der Waals surface area contributed by atoms with Gasteiger partial charge in [-0.2, -0.15) is 10.5 Å². The number of pyridine rings is 2. The molecule has 15 nitrogen and oxygen atoms in total. The first-order valence-electron chi connectivity index (χ1n) is 26.1. The first kappa shape index (κ1) is 55.0. The lowest BCUT2D eigenvalue weighted by atomic mass is 9.89. The van der Waals surface area contributed by atoms with Crippen molar-refractivity contribution in [3.8, 4) is 23.6 Å². The van der Waals surface area contributed by atoms with Crippen LogP contribution >= 0.6 is 23.5 Å². The number of carbonyl (C=O) groups excluding carboxylic acids is 1. The van der Waals surface area contributed by atoms with E-state index in [9.17, 15) is 15.3 Å². The van der Waals surface area contributed by atoms with Gasteiger partial charge >= 0.3 is 6.09 Å². The second kappa shape index (κ2) is 25.0. The highest BCUT2D eigenvalue weighted by atomic mass is 32.2. The van der Waals surface area contributed by atoms with Crippen molar-refractivity contribution in [3.63, 3.8) is 0 Å². The minimum absolute atomic E-state index is 0.0317. The molecule has 0 spiro atoms. The molecule has 0 aliphatic carbocycles. The van der Waals surface area contributed by atoms with Crippen molar-refractivity contribution in [3.05, 3.63) is 87.0 Å². The molecule has 2 saturated heterocycles. The highest BCUT2D eigenvalue weighted by molar-refractivity contribution is 7.99. The third-order valence-electron chi connectivity index (χ3n) is 14.0. The summed E-state index contributed by atoms with van der Waals surface area (Å²) in [4.78, 5) is 27.3. The number of anilines is 3. The number of nitrogens with zero attached hydrogens (tertiary/aromatic N) is 6. The molecule has 0 saturated carbocycles. The average Bonchev–Trinajstić information content (AvgIpc) is 3.38. The topological polar surface area (TPSA) is 174 Å². The summed E-state index contributed by atoms with van der Waals surface area (Å²) in [5.74, 6) is 5.04. The van der Waals surface area contributed by atoms with Gasteiger partial charge in [-0.15, -0.1) is 23.5 Å². The standard InChI is InChI=1S/C57H73N7O8S2/c1-35(2)49-27-42-44(29-58)54(61-52(46(42)33-69-49)63-19-22-67-23-20-63)74-25-18-40-12-15-48(66-9)51(26-40)68-21-16-36(3)50-28-43-45(30-59)55(62-53(47(43)34-70-50)64-31-37(4)71-38(5)32-64)73-24-17-39-10-13-41(14-11-39)60-56(65)72-57(6,7)8/h10-15,26,35-38,49-50H,16-25,27-28,31-34H2,1-9H3,(H,60,65). The van der Waals surface area contributed by atoms with Crippen LogP contribution in [0.4, 0.5) is 22.1 Å². The summed E-state index contributed by atoms with van der Waals surface area (Å²) in [5.41, 5.74) is 7.68. The summed E-state index contributed by atoms with van der Waals surface area (Å²) < 4.78 is 42.4. The van der Waals surface area contributed by atoms with Crippen LogP contribution in [-0.2, 0) is 62.6 Å². The van der Waals surface area contributed by atoms with E-state index >= 15 is 0 Å². The summed E-state index contributed by atoms with van der Waals surface area (Å²) in [6.07, 6.45) is 3.01. The molecule has 5 unspecified atom stereocenters. The third-order valence-corrected chi connectivity index (χ3v) is 15.9. The van der Waals surface area contributed by atoms with Crippen molar-refractivity contribution < 1.29 is 38.0 Å². The van der Waals surface area contributed by atoms with Gasteiger partial charge in [0.2, 0.25) is 0 Å². The molecule has 2 fully saturated rings. The van der Waals surface area contributed by atoms with Gasteiger partial charge in [-0.3, -0.25) is 5.32 Å². The van der Waals surface area contributed by atoms with Crippen LogP contribution in [0, 0.1) is 34.5 Å². The number of rotatable bonds is 18. The quantitative estimate of drug-likeness (QED) is 0.0932. The molecule has 17 heteroatoms. The Morgan fingerprint density at radius 2 is 1.36 bits per heavy atom. The van der Waals surface area contributed by atoms with Gasteiger partial charge in [0.25, 0.3) is 0 Å². The Balaban J connectivity index is 0.917. The van der Waals surface area contributed by atoms with Gasteiger partial charge in [0, 0.05) is 67.3 Å². The van der Waals surface area contributed by atoms with E-state index in [0.29, 0.717) is 98.9 Å². The molecule has 74 heavy (non-hydrogen) atoms. The Hall–Kier alpha value is -5.27. The number of ether oxygens (including phenoxy) is 7. The van der Waals surface area contributed by atoms with E-state index < -0.39 is 11.7 Å². The molecule has 8 rings (SSSR count). The zero-order chi connectivity index (χ0) is 52.5. The predicted octanol–water partition coefficient (Wildman–Crippen LogP) is 10.3.